The third-order valence-electron chi connectivity index (χ3n) is 4.41. The van der Waals surface area contributed by atoms with Crippen LogP contribution in [0.25, 0.3) is 0 Å². The summed E-state index contributed by atoms with van der Waals surface area (Å²) >= 11 is 0. The van der Waals surface area contributed by atoms with Crippen LogP contribution in [-0.4, -0.2) is 30.6 Å². The van der Waals surface area contributed by atoms with Gasteiger partial charge in [0.1, 0.15) is 0 Å². The first-order chi connectivity index (χ1) is 11.6. The summed E-state index contributed by atoms with van der Waals surface area (Å²) in [6.07, 6.45) is 2.77. The van der Waals surface area contributed by atoms with Crippen LogP contribution >= 0.6 is 0 Å². The molecule has 5 nitrogen and oxygen atoms in total. The Morgan fingerprint density at radius 2 is 2.00 bits per heavy atom. The highest BCUT2D eigenvalue weighted by atomic mass is 16.2. The van der Waals surface area contributed by atoms with E-state index in [0.29, 0.717) is 18.2 Å². The number of pyridine rings is 1. The number of anilines is 2. The van der Waals surface area contributed by atoms with Crippen LogP contribution in [0.15, 0.2) is 42.6 Å². The van der Waals surface area contributed by atoms with Gasteiger partial charge in [0.2, 0.25) is 0 Å². The minimum atomic E-state index is -0.172. The second-order valence-electron chi connectivity index (χ2n) is 6.46. The lowest BCUT2D eigenvalue weighted by Crippen LogP contribution is -2.34. The molecule has 1 aromatic heterocycles. The molecule has 0 spiro atoms. The maximum atomic E-state index is 12.0. The van der Waals surface area contributed by atoms with Gasteiger partial charge in [0.15, 0.2) is 0 Å². The van der Waals surface area contributed by atoms with Gasteiger partial charge in [0.05, 0.1) is 11.9 Å². The van der Waals surface area contributed by atoms with E-state index in [4.69, 9.17) is 0 Å². The number of nitrogens with one attached hydrogen (secondary N) is 2. The zero-order chi connectivity index (χ0) is 16.9. The van der Waals surface area contributed by atoms with Gasteiger partial charge in [-0.2, -0.15) is 0 Å². The van der Waals surface area contributed by atoms with Crippen LogP contribution in [0.2, 0.25) is 0 Å². The van der Waals surface area contributed by atoms with Crippen molar-refractivity contribution in [2.45, 2.75) is 20.3 Å². The predicted molar refractivity (Wildman–Crippen MR) is 97.5 cm³/mol. The zero-order valence-electron chi connectivity index (χ0n) is 14.2. The van der Waals surface area contributed by atoms with E-state index < -0.39 is 0 Å². The second-order valence-corrected chi connectivity index (χ2v) is 6.46. The van der Waals surface area contributed by atoms with Crippen molar-refractivity contribution < 1.29 is 4.79 Å². The predicted octanol–water partition coefficient (Wildman–Crippen LogP) is 3.35. The largest absolute Gasteiger partial charge is 0.371 e. The number of urea groups is 1. The number of amides is 2. The van der Waals surface area contributed by atoms with Gasteiger partial charge in [-0.15, -0.1) is 0 Å². The first-order valence-electron chi connectivity index (χ1n) is 8.39. The highest BCUT2D eigenvalue weighted by Crippen LogP contribution is 2.23. The SMILES string of the molecule is Cc1ccc(N2CCC(CNC(=O)Nc3ccc(C)nc3)C2)cc1. The lowest BCUT2D eigenvalue weighted by atomic mass is 10.1. The maximum Gasteiger partial charge on any atom is 0.319 e. The molecule has 0 radical (unpaired) electrons. The summed E-state index contributed by atoms with van der Waals surface area (Å²) in [6, 6.07) is 12.2. The molecule has 1 atom stereocenters. The fourth-order valence-electron chi connectivity index (χ4n) is 2.94. The molecular formula is C19H24N4O. The van der Waals surface area contributed by atoms with Crippen molar-refractivity contribution in [1.29, 1.82) is 0 Å². The van der Waals surface area contributed by atoms with Crippen LogP contribution in [0.3, 0.4) is 0 Å². The molecule has 126 valence electrons. The quantitative estimate of drug-likeness (QED) is 0.907. The van der Waals surface area contributed by atoms with Crippen molar-refractivity contribution in [3.63, 3.8) is 0 Å². The second kappa shape index (κ2) is 7.34. The molecule has 0 aliphatic carbocycles. The number of hydrogen-bond donors (Lipinski definition) is 2. The van der Waals surface area contributed by atoms with Crippen LogP contribution in [0.1, 0.15) is 17.7 Å². The lowest BCUT2D eigenvalue weighted by molar-refractivity contribution is 0.250. The van der Waals surface area contributed by atoms with E-state index in [0.717, 1.165) is 25.2 Å². The number of aryl methyl sites for hydroxylation is 2. The number of carbonyl (C=O) groups excluding carboxylic acids is 1. The van der Waals surface area contributed by atoms with E-state index in [1.165, 1.54) is 11.3 Å². The molecule has 1 unspecified atom stereocenters. The summed E-state index contributed by atoms with van der Waals surface area (Å²) in [6.45, 7) is 6.73. The molecule has 1 saturated heterocycles. The van der Waals surface area contributed by atoms with Gasteiger partial charge < -0.3 is 15.5 Å². The Balaban J connectivity index is 1.44. The monoisotopic (exact) mass is 324 g/mol. The third-order valence-corrected chi connectivity index (χ3v) is 4.41. The van der Waals surface area contributed by atoms with Gasteiger partial charge in [-0.05, 0) is 50.5 Å². The average Bonchev–Trinajstić information content (AvgIpc) is 3.05. The average molecular weight is 324 g/mol. The molecule has 24 heavy (non-hydrogen) atoms. The summed E-state index contributed by atoms with van der Waals surface area (Å²) in [5.41, 5.74) is 4.19. The number of nitrogens with zero attached hydrogens (tertiary/aromatic N) is 2. The maximum absolute atomic E-state index is 12.0. The smallest absolute Gasteiger partial charge is 0.319 e. The van der Waals surface area contributed by atoms with Gasteiger partial charge >= 0.3 is 6.03 Å². The lowest BCUT2D eigenvalue weighted by Gasteiger charge is -2.19. The Morgan fingerprint density at radius 1 is 1.21 bits per heavy atom. The number of benzene rings is 1. The minimum Gasteiger partial charge on any atom is -0.371 e. The van der Waals surface area contributed by atoms with Crippen LogP contribution in [0.5, 0.6) is 0 Å². The molecule has 1 aliphatic heterocycles. The van der Waals surface area contributed by atoms with Gasteiger partial charge in [-0.1, -0.05) is 17.7 Å². The van der Waals surface area contributed by atoms with Gasteiger partial charge in [0.25, 0.3) is 0 Å². The van der Waals surface area contributed by atoms with Crippen molar-refractivity contribution >= 4 is 17.4 Å². The van der Waals surface area contributed by atoms with Crippen LogP contribution in [0, 0.1) is 19.8 Å². The van der Waals surface area contributed by atoms with E-state index >= 15 is 0 Å². The Hall–Kier alpha value is -2.56. The Labute approximate surface area is 143 Å². The van der Waals surface area contributed by atoms with Crippen LogP contribution in [0.4, 0.5) is 16.2 Å². The topological polar surface area (TPSA) is 57.3 Å². The van der Waals surface area contributed by atoms with Crippen molar-refractivity contribution in [2.75, 3.05) is 29.9 Å². The minimum absolute atomic E-state index is 0.172. The number of carbonyl (C=O) groups is 1. The summed E-state index contributed by atoms with van der Waals surface area (Å²) in [5.74, 6) is 0.480. The van der Waals surface area contributed by atoms with E-state index in [2.05, 4.69) is 51.7 Å². The molecule has 2 heterocycles. The van der Waals surface area contributed by atoms with Crippen LogP contribution in [-0.2, 0) is 0 Å². The summed E-state index contributed by atoms with van der Waals surface area (Å²) in [5, 5.41) is 5.78. The third kappa shape index (κ3) is 4.25. The molecule has 1 aliphatic rings. The number of aromatic nitrogens is 1. The Bertz CT molecular complexity index is 682. The highest BCUT2D eigenvalue weighted by molar-refractivity contribution is 5.88. The molecule has 2 aromatic rings. The van der Waals surface area contributed by atoms with Crippen molar-refractivity contribution in [1.82, 2.24) is 10.3 Å². The molecule has 1 fully saturated rings. The molecule has 3 rings (SSSR count). The van der Waals surface area contributed by atoms with Crippen molar-refractivity contribution in [3.8, 4) is 0 Å². The first-order valence-corrected chi connectivity index (χ1v) is 8.39. The molecular weight excluding hydrogens is 300 g/mol. The summed E-state index contributed by atoms with van der Waals surface area (Å²) in [4.78, 5) is 18.5. The standard InChI is InChI=1S/C19H24N4O/c1-14-3-7-18(8-4-14)23-10-9-16(13-23)11-21-19(24)22-17-6-5-15(2)20-12-17/h3-8,12,16H,9-11,13H2,1-2H3,(H2,21,22,24). The fourth-order valence-corrected chi connectivity index (χ4v) is 2.94. The molecule has 5 heteroatoms. The normalized spacial score (nSPS) is 16.9. The summed E-state index contributed by atoms with van der Waals surface area (Å²) < 4.78 is 0. The van der Waals surface area contributed by atoms with E-state index in [-0.39, 0.29) is 6.03 Å². The van der Waals surface area contributed by atoms with E-state index in [1.54, 1.807) is 6.20 Å². The molecule has 0 saturated carbocycles. The molecule has 0 bridgehead atoms. The molecule has 2 N–H and O–H groups in total. The first kappa shape index (κ1) is 16.3. The fraction of sp³-hybridized carbons (Fsp3) is 0.368. The number of hydrogen-bond acceptors (Lipinski definition) is 3. The Morgan fingerprint density at radius 3 is 2.71 bits per heavy atom. The van der Waals surface area contributed by atoms with Gasteiger partial charge in [-0.25, -0.2) is 4.79 Å². The van der Waals surface area contributed by atoms with Gasteiger partial charge in [-0.3, -0.25) is 4.98 Å². The van der Waals surface area contributed by atoms with Gasteiger partial charge in [0, 0.05) is 31.0 Å². The zero-order valence-corrected chi connectivity index (χ0v) is 14.2. The Kier molecular flexibility index (Phi) is 4.99. The molecule has 2 amide bonds. The number of rotatable bonds is 4. The summed E-state index contributed by atoms with van der Waals surface area (Å²) in [7, 11) is 0. The van der Waals surface area contributed by atoms with E-state index in [1.807, 2.05) is 19.1 Å². The molecule has 1 aromatic carbocycles. The van der Waals surface area contributed by atoms with E-state index in [9.17, 15) is 4.79 Å². The highest BCUT2D eigenvalue weighted by Gasteiger charge is 2.23. The van der Waals surface area contributed by atoms with Crippen molar-refractivity contribution in [3.05, 3.63) is 53.9 Å². The van der Waals surface area contributed by atoms with Crippen molar-refractivity contribution in [2.24, 2.45) is 5.92 Å². The van der Waals surface area contributed by atoms with Crippen LogP contribution < -0.4 is 15.5 Å².